The average Bonchev–Trinajstić information content (AvgIpc) is 3.05. The maximum atomic E-state index is 12.6. The minimum atomic E-state index is -0.383. The molecule has 1 heterocycles. The predicted molar refractivity (Wildman–Crippen MR) is 118 cm³/mol. The molecule has 3 N–H and O–H groups in total. The summed E-state index contributed by atoms with van der Waals surface area (Å²) >= 11 is 0. The summed E-state index contributed by atoms with van der Waals surface area (Å²) in [7, 11) is 0. The van der Waals surface area contributed by atoms with Crippen molar-refractivity contribution in [2.24, 2.45) is 5.92 Å². The molecule has 2 aromatic carbocycles. The zero-order chi connectivity index (χ0) is 21.4. The Labute approximate surface area is 175 Å². The van der Waals surface area contributed by atoms with E-state index in [0.29, 0.717) is 28.6 Å². The number of aromatic amines is 1. The molecule has 1 aliphatic carbocycles. The van der Waals surface area contributed by atoms with Crippen LogP contribution in [-0.4, -0.2) is 25.0 Å². The first-order valence-electron chi connectivity index (χ1n) is 10.4. The van der Waals surface area contributed by atoms with Gasteiger partial charge in [-0.25, -0.2) is 14.5 Å². The SMILES string of the molecule is CC1CC/C=C\c2cc(-n3c(-c4cc(C(C)C)c(O)cc4O)n[nH]c3=O)ccc2C1. The molecule has 1 aliphatic rings. The third kappa shape index (κ3) is 3.65. The molecule has 30 heavy (non-hydrogen) atoms. The Kier molecular flexibility index (Phi) is 5.24. The minimum absolute atomic E-state index is 0.0241. The average molecular weight is 405 g/mol. The number of allylic oxidation sites excluding steroid dienone is 1. The summed E-state index contributed by atoms with van der Waals surface area (Å²) < 4.78 is 1.46. The van der Waals surface area contributed by atoms with Gasteiger partial charge < -0.3 is 10.2 Å². The molecule has 0 amide bonds. The van der Waals surface area contributed by atoms with Crippen LogP contribution in [0, 0.1) is 5.92 Å². The Bertz CT molecular complexity index is 1170. The van der Waals surface area contributed by atoms with Gasteiger partial charge in [-0.1, -0.05) is 39.0 Å². The highest BCUT2D eigenvalue weighted by molar-refractivity contribution is 5.69. The molecular weight excluding hydrogens is 378 g/mol. The minimum Gasteiger partial charge on any atom is -0.508 e. The van der Waals surface area contributed by atoms with E-state index in [1.165, 1.54) is 22.6 Å². The summed E-state index contributed by atoms with van der Waals surface area (Å²) in [4.78, 5) is 12.6. The highest BCUT2D eigenvalue weighted by Gasteiger charge is 2.20. The van der Waals surface area contributed by atoms with Crippen LogP contribution in [0.15, 0.2) is 41.2 Å². The third-order valence-corrected chi connectivity index (χ3v) is 5.76. The van der Waals surface area contributed by atoms with Gasteiger partial charge in [0.05, 0.1) is 11.3 Å². The fourth-order valence-corrected chi connectivity index (χ4v) is 4.08. The Balaban J connectivity index is 1.86. The second-order valence-corrected chi connectivity index (χ2v) is 8.44. The first-order valence-corrected chi connectivity index (χ1v) is 10.4. The van der Waals surface area contributed by atoms with E-state index in [0.717, 1.165) is 18.4 Å². The zero-order valence-electron chi connectivity index (χ0n) is 17.5. The van der Waals surface area contributed by atoms with Crippen LogP contribution in [0.5, 0.6) is 11.5 Å². The van der Waals surface area contributed by atoms with Crippen LogP contribution < -0.4 is 5.69 Å². The van der Waals surface area contributed by atoms with Gasteiger partial charge in [-0.15, -0.1) is 0 Å². The molecule has 3 aromatic rings. The van der Waals surface area contributed by atoms with Crippen LogP contribution in [-0.2, 0) is 6.42 Å². The van der Waals surface area contributed by atoms with E-state index in [9.17, 15) is 15.0 Å². The van der Waals surface area contributed by atoms with Crippen LogP contribution in [0.2, 0.25) is 0 Å². The van der Waals surface area contributed by atoms with E-state index in [4.69, 9.17) is 0 Å². The number of nitrogens with one attached hydrogen (secondary N) is 1. The summed E-state index contributed by atoms with van der Waals surface area (Å²) in [5.41, 5.74) is 3.72. The maximum Gasteiger partial charge on any atom is 0.348 e. The topological polar surface area (TPSA) is 91.1 Å². The summed E-state index contributed by atoms with van der Waals surface area (Å²) in [6.07, 6.45) is 7.51. The number of nitrogens with zero attached hydrogens (tertiary/aromatic N) is 2. The molecular formula is C24H27N3O3. The first kappa shape index (κ1) is 20.0. The molecule has 0 saturated heterocycles. The molecule has 1 aromatic heterocycles. The number of aromatic nitrogens is 3. The second-order valence-electron chi connectivity index (χ2n) is 8.44. The standard InChI is InChI=1S/C24H27N3O3/c1-14(2)19-12-20(22(29)13-21(19)28)23-25-26-24(30)27(23)18-9-8-17-10-15(3)6-4-5-7-16(17)11-18/h5,7-9,11-15,28-29H,4,6,10H2,1-3H3,(H,26,30)/b7-5-. The molecule has 4 rings (SSSR count). The molecule has 0 fully saturated rings. The van der Waals surface area contributed by atoms with Crippen LogP contribution >= 0.6 is 0 Å². The van der Waals surface area contributed by atoms with Gasteiger partial charge in [-0.05, 0) is 66.0 Å². The number of hydrogen-bond donors (Lipinski definition) is 3. The van der Waals surface area contributed by atoms with Crippen LogP contribution in [0.25, 0.3) is 23.2 Å². The lowest BCUT2D eigenvalue weighted by molar-refractivity contribution is 0.444. The Morgan fingerprint density at radius 1 is 1.17 bits per heavy atom. The molecule has 0 aliphatic heterocycles. The van der Waals surface area contributed by atoms with E-state index in [1.807, 2.05) is 26.0 Å². The molecule has 1 atom stereocenters. The molecule has 0 bridgehead atoms. The zero-order valence-corrected chi connectivity index (χ0v) is 17.5. The van der Waals surface area contributed by atoms with Crippen molar-refractivity contribution < 1.29 is 10.2 Å². The molecule has 0 saturated carbocycles. The van der Waals surface area contributed by atoms with Gasteiger partial charge in [0.2, 0.25) is 0 Å². The fraction of sp³-hybridized carbons (Fsp3) is 0.333. The first-order chi connectivity index (χ1) is 14.3. The highest BCUT2D eigenvalue weighted by atomic mass is 16.3. The lowest BCUT2D eigenvalue weighted by atomic mass is 9.90. The number of phenols is 2. The van der Waals surface area contributed by atoms with Gasteiger partial charge in [0.15, 0.2) is 5.82 Å². The number of hydrogen-bond acceptors (Lipinski definition) is 4. The van der Waals surface area contributed by atoms with Crippen molar-refractivity contribution in [1.29, 1.82) is 0 Å². The van der Waals surface area contributed by atoms with E-state index >= 15 is 0 Å². The van der Waals surface area contributed by atoms with E-state index in [-0.39, 0.29) is 23.1 Å². The van der Waals surface area contributed by atoms with Crippen molar-refractivity contribution in [3.8, 4) is 28.6 Å². The van der Waals surface area contributed by atoms with Crippen molar-refractivity contribution in [2.75, 3.05) is 0 Å². The van der Waals surface area contributed by atoms with Crippen molar-refractivity contribution >= 4 is 6.08 Å². The molecule has 0 radical (unpaired) electrons. The normalized spacial score (nSPS) is 17.4. The number of phenolic OH excluding ortho intramolecular Hbond substituents is 2. The summed E-state index contributed by atoms with van der Waals surface area (Å²) in [6.45, 7) is 6.17. The number of aromatic hydroxyl groups is 2. The van der Waals surface area contributed by atoms with Gasteiger partial charge in [0.25, 0.3) is 0 Å². The summed E-state index contributed by atoms with van der Waals surface area (Å²) in [6, 6.07) is 8.97. The van der Waals surface area contributed by atoms with E-state index in [1.54, 1.807) is 6.07 Å². The molecule has 0 spiro atoms. The second kappa shape index (κ2) is 7.86. The molecule has 6 heteroatoms. The van der Waals surface area contributed by atoms with Crippen molar-refractivity contribution in [3.63, 3.8) is 0 Å². The van der Waals surface area contributed by atoms with E-state index < -0.39 is 0 Å². The lowest BCUT2D eigenvalue weighted by Crippen LogP contribution is -2.16. The summed E-state index contributed by atoms with van der Waals surface area (Å²) in [5, 5.41) is 27.3. The van der Waals surface area contributed by atoms with Crippen LogP contribution in [0.1, 0.15) is 56.2 Å². The largest absolute Gasteiger partial charge is 0.508 e. The molecule has 156 valence electrons. The summed E-state index contributed by atoms with van der Waals surface area (Å²) in [5.74, 6) is 0.859. The van der Waals surface area contributed by atoms with Gasteiger partial charge in [0, 0.05) is 6.07 Å². The van der Waals surface area contributed by atoms with Crippen LogP contribution in [0.4, 0.5) is 0 Å². The van der Waals surface area contributed by atoms with E-state index in [2.05, 4.69) is 35.3 Å². The monoisotopic (exact) mass is 405 g/mol. The van der Waals surface area contributed by atoms with Gasteiger partial charge in [0.1, 0.15) is 11.5 Å². The fourth-order valence-electron chi connectivity index (χ4n) is 4.08. The Morgan fingerprint density at radius 2 is 1.97 bits per heavy atom. The van der Waals surface area contributed by atoms with Crippen molar-refractivity contribution in [3.05, 3.63) is 63.6 Å². The smallest absolute Gasteiger partial charge is 0.348 e. The maximum absolute atomic E-state index is 12.6. The van der Waals surface area contributed by atoms with Crippen LogP contribution in [0.3, 0.4) is 0 Å². The third-order valence-electron chi connectivity index (χ3n) is 5.76. The Hall–Kier alpha value is -3.28. The van der Waals surface area contributed by atoms with Gasteiger partial charge in [-0.2, -0.15) is 5.10 Å². The molecule has 6 nitrogen and oxygen atoms in total. The van der Waals surface area contributed by atoms with Gasteiger partial charge in [-0.3, -0.25) is 0 Å². The van der Waals surface area contributed by atoms with Gasteiger partial charge >= 0.3 is 5.69 Å². The number of benzene rings is 2. The number of fused-ring (bicyclic) bond motifs is 1. The predicted octanol–water partition coefficient (Wildman–Crippen LogP) is 4.75. The Morgan fingerprint density at radius 3 is 2.73 bits per heavy atom. The van der Waals surface area contributed by atoms with Crippen molar-refractivity contribution in [2.45, 2.75) is 46.0 Å². The molecule has 1 unspecified atom stereocenters. The highest BCUT2D eigenvalue weighted by Crippen LogP contribution is 2.37. The lowest BCUT2D eigenvalue weighted by Gasteiger charge is -2.17. The number of H-pyrrole nitrogens is 1. The quantitative estimate of drug-likeness (QED) is 0.586. The van der Waals surface area contributed by atoms with Crippen molar-refractivity contribution in [1.82, 2.24) is 14.8 Å². The number of rotatable bonds is 3.